The molecule has 15 heavy (non-hydrogen) atoms. The second kappa shape index (κ2) is 5.28. The highest BCUT2D eigenvalue weighted by molar-refractivity contribution is 5.37. The lowest BCUT2D eigenvalue weighted by molar-refractivity contribution is 0.446. The van der Waals surface area contributed by atoms with Gasteiger partial charge in [-0.05, 0) is 24.6 Å². The van der Waals surface area contributed by atoms with Crippen LogP contribution in [-0.4, -0.2) is 16.8 Å². The van der Waals surface area contributed by atoms with E-state index in [2.05, 4.69) is 11.2 Å². The third-order valence-electron chi connectivity index (χ3n) is 2.14. The molecule has 1 aromatic carbocycles. The van der Waals surface area contributed by atoms with Crippen LogP contribution >= 0.6 is 0 Å². The number of hydrogen-bond donors (Lipinski definition) is 3. The van der Waals surface area contributed by atoms with Crippen molar-refractivity contribution in [3.05, 3.63) is 23.8 Å². The Labute approximate surface area is 89.8 Å². The van der Waals surface area contributed by atoms with Crippen molar-refractivity contribution in [1.82, 2.24) is 5.32 Å². The van der Waals surface area contributed by atoms with E-state index in [0.29, 0.717) is 13.0 Å². The third kappa shape index (κ3) is 3.53. The monoisotopic (exact) mass is 205 g/mol. The van der Waals surface area contributed by atoms with Crippen LogP contribution in [0.5, 0.6) is 11.5 Å². The minimum atomic E-state index is 0.0522. The van der Waals surface area contributed by atoms with Gasteiger partial charge in [-0.1, -0.05) is 0 Å². The van der Waals surface area contributed by atoms with Crippen molar-refractivity contribution in [2.45, 2.75) is 19.4 Å². The molecule has 80 valence electrons. The van der Waals surface area contributed by atoms with Crippen LogP contribution in [0.15, 0.2) is 18.2 Å². The minimum Gasteiger partial charge on any atom is -0.508 e. The standard InChI is InChI=1S/C12H15NO2/c1-3-4-5-13-9(2)10-6-11(14)8-12(15)7-10/h1,6-9,13-15H,4-5H2,2H3. The molecule has 0 aromatic heterocycles. The first kappa shape index (κ1) is 11.4. The van der Waals surface area contributed by atoms with Gasteiger partial charge in [0.1, 0.15) is 11.5 Å². The van der Waals surface area contributed by atoms with E-state index in [1.807, 2.05) is 6.92 Å². The first-order valence-corrected chi connectivity index (χ1v) is 4.83. The van der Waals surface area contributed by atoms with Crippen molar-refractivity contribution in [3.8, 4) is 23.8 Å². The van der Waals surface area contributed by atoms with Gasteiger partial charge >= 0.3 is 0 Å². The quantitative estimate of drug-likeness (QED) is 0.518. The van der Waals surface area contributed by atoms with Crippen LogP contribution in [0.4, 0.5) is 0 Å². The number of nitrogens with one attached hydrogen (secondary N) is 1. The van der Waals surface area contributed by atoms with E-state index in [9.17, 15) is 10.2 Å². The van der Waals surface area contributed by atoms with Crippen LogP contribution < -0.4 is 5.32 Å². The molecule has 0 fully saturated rings. The number of hydrogen-bond acceptors (Lipinski definition) is 3. The summed E-state index contributed by atoms with van der Waals surface area (Å²) in [5.74, 6) is 2.67. The molecule has 3 nitrogen and oxygen atoms in total. The Kier molecular flexibility index (Phi) is 4.02. The molecule has 0 aliphatic heterocycles. The van der Waals surface area contributed by atoms with Gasteiger partial charge in [0.15, 0.2) is 0 Å². The second-order valence-corrected chi connectivity index (χ2v) is 3.41. The smallest absolute Gasteiger partial charge is 0.119 e. The highest BCUT2D eigenvalue weighted by Gasteiger charge is 2.06. The van der Waals surface area contributed by atoms with Crippen molar-refractivity contribution in [1.29, 1.82) is 0 Å². The van der Waals surface area contributed by atoms with E-state index < -0.39 is 0 Å². The van der Waals surface area contributed by atoms with Crippen LogP contribution in [0.2, 0.25) is 0 Å². The molecule has 0 bridgehead atoms. The Balaban J connectivity index is 2.65. The molecule has 0 aliphatic rings. The zero-order valence-electron chi connectivity index (χ0n) is 8.70. The van der Waals surface area contributed by atoms with Gasteiger partial charge in [0, 0.05) is 25.1 Å². The molecule has 0 saturated carbocycles. The van der Waals surface area contributed by atoms with Crippen molar-refractivity contribution in [2.24, 2.45) is 0 Å². The molecule has 3 N–H and O–H groups in total. The first-order chi connectivity index (χ1) is 7.13. The number of benzene rings is 1. The van der Waals surface area contributed by atoms with Crippen molar-refractivity contribution >= 4 is 0 Å². The maximum atomic E-state index is 9.29. The number of phenolic OH excluding ortho intramolecular Hbond substituents is 2. The Bertz CT molecular complexity index is 348. The zero-order valence-corrected chi connectivity index (χ0v) is 8.70. The molecule has 0 aliphatic carbocycles. The van der Waals surface area contributed by atoms with Gasteiger partial charge < -0.3 is 15.5 Å². The molecule has 0 saturated heterocycles. The maximum Gasteiger partial charge on any atom is 0.119 e. The summed E-state index contributed by atoms with van der Waals surface area (Å²) in [5, 5.41) is 21.8. The summed E-state index contributed by atoms with van der Waals surface area (Å²) in [7, 11) is 0. The SMILES string of the molecule is C#CCCNC(C)c1cc(O)cc(O)c1. The zero-order chi connectivity index (χ0) is 11.3. The summed E-state index contributed by atoms with van der Waals surface area (Å²) in [4.78, 5) is 0. The van der Waals surface area contributed by atoms with Gasteiger partial charge in [-0.2, -0.15) is 0 Å². The molecule has 0 heterocycles. The molecule has 1 rings (SSSR count). The van der Waals surface area contributed by atoms with Crippen molar-refractivity contribution < 1.29 is 10.2 Å². The van der Waals surface area contributed by atoms with Crippen LogP contribution in [0.25, 0.3) is 0 Å². The largest absolute Gasteiger partial charge is 0.508 e. The van der Waals surface area contributed by atoms with Crippen LogP contribution in [-0.2, 0) is 0 Å². The first-order valence-electron chi connectivity index (χ1n) is 4.83. The molecule has 1 atom stereocenters. The topological polar surface area (TPSA) is 52.5 Å². The molecular formula is C12H15NO2. The summed E-state index contributed by atoms with van der Waals surface area (Å²) < 4.78 is 0. The summed E-state index contributed by atoms with van der Waals surface area (Å²) in [5.41, 5.74) is 0.838. The van der Waals surface area contributed by atoms with E-state index in [1.54, 1.807) is 12.1 Å². The fourth-order valence-corrected chi connectivity index (χ4v) is 1.35. The Morgan fingerprint density at radius 2 is 1.93 bits per heavy atom. The van der Waals surface area contributed by atoms with E-state index in [4.69, 9.17) is 6.42 Å². The summed E-state index contributed by atoms with van der Waals surface area (Å²) in [6.07, 6.45) is 5.79. The fourth-order valence-electron chi connectivity index (χ4n) is 1.35. The number of aromatic hydroxyl groups is 2. The molecule has 0 spiro atoms. The fraction of sp³-hybridized carbons (Fsp3) is 0.333. The third-order valence-corrected chi connectivity index (χ3v) is 2.14. The second-order valence-electron chi connectivity index (χ2n) is 3.41. The Morgan fingerprint density at radius 1 is 1.33 bits per heavy atom. The molecule has 1 unspecified atom stereocenters. The highest BCUT2D eigenvalue weighted by atomic mass is 16.3. The van der Waals surface area contributed by atoms with Crippen molar-refractivity contribution in [3.63, 3.8) is 0 Å². The normalized spacial score (nSPS) is 12.0. The summed E-state index contributed by atoms with van der Waals surface area (Å²) in [6, 6.07) is 4.59. The summed E-state index contributed by atoms with van der Waals surface area (Å²) in [6.45, 7) is 2.67. The van der Waals surface area contributed by atoms with Gasteiger partial charge in [-0.15, -0.1) is 12.3 Å². The van der Waals surface area contributed by atoms with Gasteiger partial charge in [-0.25, -0.2) is 0 Å². The lowest BCUT2D eigenvalue weighted by Gasteiger charge is -2.13. The molecule has 0 amide bonds. The predicted molar refractivity (Wildman–Crippen MR) is 59.6 cm³/mol. The van der Waals surface area contributed by atoms with Crippen molar-refractivity contribution in [2.75, 3.05) is 6.54 Å². The number of phenols is 2. The van der Waals surface area contributed by atoms with Crippen LogP contribution in [0.3, 0.4) is 0 Å². The lowest BCUT2D eigenvalue weighted by atomic mass is 10.1. The highest BCUT2D eigenvalue weighted by Crippen LogP contribution is 2.24. The molecule has 1 aromatic rings. The molecule has 0 radical (unpaired) electrons. The van der Waals surface area contributed by atoms with E-state index in [-0.39, 0.29) is 17.5 Å². The lowest BCUT2D eigenvalue weighted by Crippen LogP contribution is -2.19. The summed E-state index contributed by atoms with van der Waals surface area (Å²) >= 11 is 0. The van der Waals surface area contributed by atoms with Gasteiger partial charge in [0.2, 0.25) is 0 Å². The molecule has 3 heteroatoms. The Hall–Kier alpha value is -1.66. The average Bonchev–Trinajstić information content (AvgIpc) is 2.16. The van der Waals surface area contributed by atoms with Gasteiger partial charge in [-0.3, -0.25) is 0 Å². The Morgan fingerprint density at radius 3 is 2.47 bits per heavy atom. The average molecular weight is 205 g/mol. The number of rotatable bonds is 4. The predicted octanol–water partition coefficient (Wildman–Crippen LogP) is 1.77. The van der Waals surface area contributed by atoms with E-state index in [1.165, 1.54) is 6.07 Å². The van der Waals surface area contributed by atoms with E-state index >= 15 is 0 Å². The number of terminal acetylenes is 1. The van der Waals surface area contributed by atoms with Crippen LogP contribution in [0.1, 0.15) is 24.9 Å². The van der Waals surface area contributed by atoms with Gasteiger partial charge in [0.05, 0.1) is 0 Å². The molecular weight excluding hydrogens is 190 g/mol. The minimum absolute atomic E-state index is 0.0522. The van der Waals surface area contributed by atoms with Crippen LogP contribution in [0, 0.1) is 12.3 Å². The maximum absolute atomic E-state index is 9.29. The van der Waals surface area contributed by atoms with Gasteiger partial charge in [0.25, 0.3) is 0 Å². The van der Waals surface area contributed by atoms with E-state index in [0.717, 1.165) is 5.56 Å².